The van der Waals surface area contributed by atoms with Crippen LogP contribution in [0.1, 0.15) is 21.8 Å². The fourth-order valence-electron chi connectivity index (χ4n) is 1.98. The van der Waals surface area contributed by atoms with Crippen LogP contribution < -0.4 is 0 Å². The average Bonchev–Trinajstić information content (AvgIpc) is 2.46. The van der Waals surface area contributed by atoms with Crippen LogP contribution in [0.5, 0.6) is 0 Å². The first-order valence-corrected chi connectivity index (χ1v) is 5.94. The molecule has 4 heteroatoms. The molecule has 2 aromatic rings. The second-order valence-corrected chi connectivity index (χ2v) is 4.21. The molecule has 0 fully saturated rings. The van der Waals surface area contributed by atoms with Crippen molar-refractivity contribution in [1.29, 1.82) is 0 Å². The van der Waals surface area contributed by atoms with Crippen molar-refractivity contribution in [3.8, 4) is 0 Å². The summed E-state index contributed by atoms with van der Waals surface area (Å²) in [5, 5.41) is 10.8. The van der Waals surface area contributed by atoms with E-state index >= 15 is 0 Å². The molecule has 96 valence electrons. The second kappa shape index (κ2) is 5.91. The van der Waals surface area contributed by atoms with Crippen LogP contribution in [-0.2, 0) is 0 Å². The molecule has 0 aliphatic heterocycles. The van der Waals surface area contributed by atoms with Crippen LogP contribution >= 0.6 is 0 Å². The van der Waals surface area contributed by atoms with Gasteiger partial charge in [0.05, 0.1) is 0 Å². The van der Waals surface area contributed by atoms with Crippen LogP contribution in [0.15, 0.2) is 60.7 Å². The Labute approximate surface area is 110 Å². The van der Waals surface area contributed by atoms with Crippen molar-refractivity contribution in [1.82, 2.24) is 0 Å². The number of hydrogen-bond donors (Lipinski definition) is 0. The van der Waals surface area contributed by atoms with Crippen LogP contribution in [0.3, 0.4) is 0 Å². The molecule has 2 aromatic carbocycles. The van der Waals surface area contributed by atoms with Gasteiger partial charge in [-0.25, -0.2) is 0 Å². The number of carbonyl (C=O) groups excluding carboxylic acids is 1. The Morgan fingerprint density at radius 2 is 1.53 bits per heavy atom. The molecule has 0 radical (unpaired) electrons. The first kappa shape index (κ1) is 13.0. The molecule has 2 rings (SSSR count). The third kappa shape index (κ3) is 3.25. The van der Waals surface area contributed by atoms with Gasteiger partial charge in [-0.1, -0.05) is 60.7 Å². The molecule has 0 N–H and O–H groups in total. The lowest BCUT2D eigenvalue weighted by Crippen LogP contribution is -2.21. The lowest BCUT2D eigenvalue weighted by atomic mass is 9.91. The molecule has 0 heterocycles. The van der Waals surface area contributed by atoms with Crippen LogP contribution in [0.4, 0.5) is 0 Å². The molecule has 0 bridgehead atoms. The third-order valence-electron chi connectivity index (χ3n) is 2.91. The molecule has 0 aromatic heterocycles. The second-order valence-electron chi connectivity index (χ2n) is 4.21. The van der Waals surface area contributed by atoms with Gasteiger partial charge in [-0.05, 0) is 5.56 Å². The Morgan fingerprint density at radius 1 is 1.00 bits per heavy atom. The Kier molecular flexibility index (Phi) is 4.03. The predicted octanol–water partition coefficient (Wildman–Crippen LogP) is 2.93. The molecule has 4 nitrogen and oxygen atoms in total. The summed E-state index contributed by atoms with van der Waals surface area (Å²) in [6, 6.07) is 17.5. The minimum atomic E-state index is -0.737. The number of ketones is 1. The Balaban J connectivity index is 2.33. The maximum absolute atomic E-state index is 12.4. The SMILES string of the molecule is O=C(c1ccccc1)C(C[N+](=O)[O-])c1ccccc1. The first-order valence-electron chi connectivity index (χ1n) is 5.94. The first-order chi connectivity index (χ1) is 9.18. The monoisotopic (exact) mass is 255 g/mol. The lowest BCUT2D eigenvalue weighted by molar-refractivity contribution is -0.481. The molecule has 0 aliphatic rings. The number of Topliss-reactive ketones (excluding diaryl/α,β-unsaturated/α-hetero) is 1. The highest BCUT2D eigenvalue weighted by molar-refractivity contribution is 6.01. The van der Waals surface area contributed by atoms with Crippen LogP contribution in [0.2, 0.25) is 0 Å². The number of carbonyl (C=O) groups is 1. The standard InChI is InChI=1S/C15H13NO3/c17-15(13-9-5-2-6-10-13)14(11-16(18)19)12-7-3-1-4-8-12/h1-10,14H,11H2. The van der Waals surface area contributed by atoms with E-state index in [1.165, 1.54) is 0 Å². The van der Waals surface area contributed by atoms with Crippen molar-refractivity contribution in [2.75, 3.05) is 6.54 Å². The Hall–Kier alpha value is -2.49. The van der Waals surface area contributed by atoms with E-state index in [4.69, 9.17) is 0 Å². The topological polar surface area (TPSA) is 60.2 Å². The summed E-state index contributed by atoms with van der Waals surface area (Å²) in [6.45, 7) is -0.391. The molecular weight excluding hydrogens is 242 g/mol. The van der Waals surface area contributed by atoms with E-state index in [2.05, 4.69) is 0 Å². The molecule has 0 saturated carbocycles. The minimum absolute atomic E-state index is 0.219. The van der Waals surface area contributed by atoms with E-state index in [-0.39, 0.29) is 5.78 Å². The van der Waals surface area contributed by atoms with Crippen LogP contribution in [-0.4, -0.2) is 17.3 Å². The molecule has 19 heavy (non-hydrogen) atoms. The summed E-state index contributed by atoms with van der Waals surface area (Å²) in [7, 11) is 0. The molecule has 0 aliphatic carbocycles. The van der Waals surface area contributed by atoms with E-state index in [9.17, 15) is 14.9 Å². The minimum Gasteiger partial charge on any atom is -0.293 e. The zero-order valence-corrected chi connectivity index (χ0v) is 10.2. The summed E-state index contributed by atoms with van der Waals surface area (Å²) in [5.74, 6) is -0.956. The van der Waals surface area contributed by atoms with Gasteiger partial charge < -0.3 is 0 Å². The molecule has 0 amide bonds. The summed E-state index contributed by atoms with van der Waals surface area (Å²) >= 11 is 0. The fraction of sp³-hybridized carbons (Fsp3) is 0.133. The van der Waals surface area contributed by atoms with Crippen molar-refractivity contribution in [3.05, 3.63) is 81.9 Å². The van der Waals surface area contributed by atoms with Gasteiger partial charge in [0.1, 0.15) is 5.92 Å². The number of benzene rings is 2. The molecule has 1 unspecified atom stereocenters. The highest BCUT2D eigenvalue weighted by atomic mass is 16.6. The van der Waals surface area contributed by atoms with E-state index in [1.54, 1.807) is 48.5 Å². The third-order valence-corrected chi connectivity index (χ3v) is 2.91. The van der Waals surface area contributed by atoms with E-state index in [0.29, 0.717) is 11.1 Å². The molecule has 0 saturated heterocycles. The van der Waals surface area contributed by atoms with Gasteiger partial charge in [-0.15, -0.1) is 0 Å². The summed E-state index contributed by atoms with van der Waals surface area (Å²) in [5.41, 5.74) is 1.17. The molecular formula is C15H13NO3. The smallest absolute Gasteiger partial charge is 0.217 e. The zero-order chi connectivity index (χ0) is 13.7. The van der Waals surface area contributed by atoms with Gasteiger partial charge in [0, 0.05) is 10.5 Å². The predicted molar refractivity (Wildman–Crippen MR) is 71.8 cm³/mol. The quantitative estimate of drug-likeness (QED) is 0.469. The van der Waals surface area contributed by atoms with Gasteiger partial charge >= 0.3 is 0 Å². The van der Waals surface area contributed by atoms with Crippen molar-refractivity contribution >= 4 is 5.78 Å². The maximum atomic E-state index is 12.4. The molecule has 0 spiro atoms. The average molecular weight is 255 g/mol. The summed E-state index contributed by atoms with van der Waals surface area (Å²) in [4.78, 5) is 22.7. The highest BCUT2D eigenvalue weighted by Crippen LogP contribution is 2.21. The number of nitro groups is 1. The van der Waals surface area contributed by atoms with Gasteiger partial charge in [-0.3, -0.25) is 14.9 Å². The number of nitrogens with zero attached hydrogens (tertiary/aromatic N) is 1. The fourth-order valence-corrected chi connectivity index (χ4v) is 1.98. The van der Waals surface area contributed by atoms with Gasteiger partial charge in [0.15, 0.2) is 5.78 Å². The normalized spacial score (nSPS) is 11.8. The van der Waals surface area contributed by atoms with E-state index in [1.807, 2.05) is 12.1 Å². The van der Waals surface area contributed by atoms with Gasteiger partial charge in [-0.2, -0.15) is 0 Å². The van der Waals surface area contributed by atoms with E-state index < -0.39 is 17.4 Å². The molecule has 1 atom stereocenters. The lowest BCUT2D eigenvalue weighted by Gasteiger charge is -2.12. The zero-order valence-electron chi connectivity index (χ0n) is 10.2. The van der Waals surface area contributed by atoms with Crippen molar-refractivity contribution in [2.24, 2.45) is 0 Å². The number of rotatable bonds is 5. The summed E-state index contributed by atoms with van der Waals surface area (Å²) in [6.07, 6.45) is 0. The van der Waals surface area contributed by atoms with Crippen LogP contribution in [0.25, 0.3) is 0 Å². The van der Waals surface area contributed by atoms with Gasteiger partial charge in [0.2, 0.25) is 6.54 Å². The largest absolute Gasteiger partial charge is 0.293 e. The van der Waals surface area contributed by atoms with Crippen molar-refractivity contribution < 1.29 is 9.72 Å². The Morgan fingerprint density at radius 3 is 2.05 bits per heavy atom. The number of hydrogen-bond acceptors (Lipinski definition) is 3. The summed E-state index contributed by atoms with van der Waals surface area (Å²) < 4.78 is 0. The van der Waals surface area contributed by atoms with Crippen LogP contribution in [0, 0.1) is 10.1 Å². The van der Waals surface area contributed by atoms with E-state index in [0.717, 1.165) is 0 Å². The Bertz CT molecular complexity index is 566. The van der Waals surface area contributed by atoms with Crippen molar-refractivity contribution in [3.63, 3.8) is 0 Å². The maximum Gasteiger partial charge on any atom is 0.217 e. The van der Waals surface area contributed by atoms with Gasteiger partial charge in [0.25, 0.3) is 0 Å². The van der Waals surface area contributed by atoms with Crippen molar-refractivity contribution in [2.45, 2.75) is 5.92 Å². The highest BCUT2D eigenvalue weighted by Gasteiger charge is 2.26.